The van der Waals surface area contributed by atoms with Crippen LogP contribution in [-0.4, -0.2) is 87.8 Å². The van der Waals surface area contributed by atoms with Crippen molar-refractivity contribution >= 4 is 23.8 Å². The number of nitrogens with zero attached hydrogens (tertiary/aromatic N) is 3. The molecule has 310 valence electrons. The number of benzene rings is 2. The number of aldehydes is 1. The van der Waals surface area contributed by atoms with Gasteiger partial charge < -0.3 is 10.0 Å². The zero-order valence-corrected chi connectivity index (χ0v) is 30.9. The van der Waals surface area contributed by atoms with Crippen LogP contribution in [-0.2, 0) is 32.1 Å². The van der Waals surface area contributed by atoms with Gasteiger partial charge in [-0.25, -0.2) is 0 Å². The van der Waals surface area contributed by atoms with Crippen molar-refractivity contribution in [3.8, 4) is 0 Å². The first-order valence-corrected chi connectivity index (χ1v) is 17.7. The molecule has 2 aromatic carbocycles. The van der Waals surface area contributed by atoms with Crippen LogP contribution in [0.2, 0.25) is 0 Å². The highest BCUT2D eigenvalue weighted by Gasteiger charge is 2.54. The highest BCUT2D eigenvalue weighted by atomic mass is 19.4. The molecule has 2 unspecified atom stereocenters. The lowest BCUT2D eigenvalue weighted by molar-refractivity contribution is -0.193. The lowest BCUT2D eigenvalue weighted by atomic mass is 9.92. The van der Waals surface area contributed by atoms with E-state index in [1.165, 1.54) is 11.3 Å². The topological polar surface area (TPSA) is 122 Å². The lowest BCUT2D eigenvalue weighted by Gasteiger charge is -2.34. The number of aryl methyl sites for hydroxylation is 1. The summed E-state index contributed by atoms with van der Waals surface area (Å²) in [6.45, 7) is 10.2. The van der Waals surface area contributed by atoms with Gasteiger partial charge >= 0.3 is 36.1 Å². The van der Waals surface area contributed by atoms with Crippen LogP contribution in [0.5, 0.6) is 0 Å². The van der Waals surface area contributed by atoms with Crippen molar-refractivity contribution < 1.29 is 63.8 Å². The van der Waals surface area contributed by atoms with E-state index >= 15 is 0 Å². The van der Waals surface area contributed by atoms with Crippen molar-refractivity contribution in [3.05, 3.63) is 89.2 Å². The van der Waals surface area contributed by atoms with Crippen molar-refractivity contribution in [1.82, 2.24) is 20.0 Å². The smallest absolute Gasteiger partial charge is 0.458 e. The summed E-state index contributed by atoms with van der Waals surface area (Å²) in [5, 5.41) is 18.3. The summed E-state index contributed by atoms with van der Waals surface area (Å²) in [6, 6.07) is 22.7. The van der Waals surface area contributed by atoms with Gasteiger partial charge in [0.15, 0.2) is 0 Å². The fourth-order valence-electron chi connectivity index (χ4n) is 5.94. The third-order valence-electron chi connectivity index (χ3n) is 9.05. The first-order chi connectivity index (χ1) is 26.1. The van der Waals surface area contributed by atoms with Crippen molar-refractivity contribution in [2.24, 2.45) is 5.92 Å². The molecule has 0 aliphatic carbocycles. The lowest BCUT2D eigenvalue weighted by Crippen LogP contribution is -2.44. The minimum Gasteiger partial charge on any atom is -0.480 e. The Hall–Kier alpha value is -4.58. The van der Waals surface area contributed by atoms with Gasteiger partial charge in [0.2, 0.25) is 6.29 Å². The number of nitrogens with one attached hydrogen (secondary N) is 1. The molecule has 0 saturated carbocycles. The zero-order valence-electron chi connectivity index (χ0n) is 30.9. The first-order valence-electron chi connectivity index (χ1n) is 17.7. The molecule has 2 N–H and O–H groups in total. The number of carboxylic acids is 1. The number of aliphatic carboxylic acids is 1. The third-order valence-corrected chi connectivity index (χ3v) is 9.05. The summed E-state index contributed by atoms with van der Waals surface area (Å²) in [4.78, 5) is 42.5. The van der Waals surface area contributed by atoms with Crippen LogP contribution in [0.1, 0.15) is 80.9 Å². The van der Waals surface area contributed by atoms with Gasteiger partial charge in [-0.05, 0) is 68.9 Å². The Morgan fingerprint density at radius 2 is 1.38 bits per heavy atom. The van der Waals surface area contributed by atoms with Crippen LogP contribution in [0.15, 0.2) is 66.7 Å². The van der Waals surface area contributed by atoms with Crippen molar-refractivity contribution in [3.63, 3.8) is 0 Å². The predicted molar refractivity (Wildman–Crippen MR) is 188 cm³/mol. The van der Waals surface area contributed by atoms with Crippen molar-refractivity contribution in [2.75, 3.05) is 19.6 Å². The van der Waals surface area contributed by atoms with E-state index in [2.05, 4.69) is 77.3 Å². The van der Waals surface area contributed by atoms with E-state index in [-0.39, 0.29) is 12.0 Å². The molecule has 1 aliphatic rings. The number of carbonyl (C=O) groups excluding carboxylic acids is 3. The van der Waals surface area contributed by atoms with Gasteiger partial charge in [0, 0.05) is 30.6 Å². The summed E-state index contributed by atoms with van der Waals surface area (Å²) >= 11 is 0. The quantitative estimate of drug-likeness (QED) is 0.0959. The van der Waals surface area contributed by atoms with Crippen LogP contribution in [0, 0.1) is 5.92 Å². The molecule has 3 aromatic rings. The normalized spacial score (nSPS) is 15.6. The number of likely N-dealkylation sites (tertiary alicyclic amines) is 1. The number of aromatic nitrogens is 2. The fourth-order valence-corrected chi connectivity index (χ4v) is 5.94. The zero-order chi connectivity index (χ0) is 42.3. The molecule has 4 rings (SSSR count). The van der Waals surface area contributed by atoms with E-state index in [4.69, 9.17) is 9.89 Å². The van der Waals surface area contributed by atoms with Gasteiger partial charge in [-0.1, -0.05) is 80.9 Å². The van der Waals surface area contributed by atoms with Crippen LogP contribution >= 0.6 is 0 Å². The number of alkyl halides is 9. The molecule has 1 fully saturated rings. The fraction of sp³-hybridized carbons (Fsp3) is 0.500. The van der Waals surface area contributed by atoms with Gasteiger partial charge in [-0.3, -0.25) is 29.2 Å². The van der Waals surface area contributed by atoms with Crippen molar-refractivity contribution in [2.45, 2.75) is 96.0 Å². The second-order valence-electron chi connectivity index (χ2n) is 13.1. The Bertz CT molecular complexity index is 1650. The molecule has 0 bridgehead atoms. The number of carbonyl (C=O) groups is 4. The molecule has 0 radical (unpaired) electrons. The average Bonchev–Trinajstić information content (AvgIpc) is 3.57. The Labute approximate surface area is 318 Å². The molecule has 1 aliphatic heterocycles. The predicted octanol–water partition coefficient (Wildman–Crippen LogP) is 7.89. The van der Waals surface area contributed by atoms with Gasteiger partial charge in [-0.15, -0.1) is 0 Å². The highest BCUT2D eigenvalue weighted by molar-refractivity contribution is 6.41. The monoisotopic (exact) mass is 808 g/mol. The van der Waals surface area contributed by atoms with Crippen LogP contribution in [0.4, 0.5) is 39.5 Å². The number of piperidine rings is 1. The largest absolute Gasteiger partial charge is 0.480 e. The van der Waals surface area contributed by atoms with E-state index in [0.29, 0.717) is 5.92 Å². The molecular formula is C38H45F9N4O5. The number of halogens is 9. The Morgan fingerprint density at radius 1 is 0.875 bits per heavy atom. The van der Waals surface area contributed by atoms with E-state index < -0.39 is 48.4 Å². The van der Waals surface area contributed by atoms with E-state index in [1.54, 1.807) is 0 Å². The molecule has 0 spiro atoms. The maximum atomic E-state index is 12.0. The number of Topliss-reactive ketones (excluding diaryl/α,β-unsaturated/α-hetero) is 2. The average molecular weight is 809 g/mol. The van der Waals surface area contributed by atoms with Gasteiger partial charge in [0.05, 0.1) is 5.69 Å². The molecule has 9 nitrogen and oxygen atoms in total. The maximum absolute atomic E-state index is 12.0. The third kappa shape index (κ3) is 15.9. The number of ketones is 2. The molecule has 3 atom stereocenters. The Balaban J connectivity index is 0.000000499. The summed E-state index contributed by atoms with van der Waals surface area (Å²) in [5.41, 5.74) is 4.99. The Morgan fingerprint density at radius 3 is 1.80 bits per heavy atom. The molecule has 1 saturated heterocycles. The van der Waals surface area contributed by atoms with Gasteiger partial charge in [0.1, 0.15) is 6.04 Å². The Kier molecular flexibility index (Phi) is 18.4. The minimum absolute atomic E-state index is 0.0195. The van der Waals surface area contributed by atoms with Crippen LogP contribution in [0.25, 0.3) is 0 Å². The minimum atomic E-state index is -5.77. The number of hydrogen-bond acceptors (Lipinski definition) is 7. The van der Waals surface area contributed by atoms with Crippen LogP contribution < -0.4 is 5.32 Å². The van der Waals surface area contributed by atoms with Crippen LogP contribution in [0.3, 0.4) is 0 Å². The van der Waals surface area contributed by atoms with E-state index in [0.717, 1.165) is 69.5 Å². The van der Waals surface area contributed by atoms with Gasteiger partial charge in [-0.2, -0.15) is 44.6 Å². The standard InChI is InChI=1S/C32H44N4O2.C4F6O2.C2HF3O/c1-4-24(3)31(32(37)38)33-29(26-14-10-7-11-15-26)18-21-35-19-16-27(17-20-35)30-23-28(34-36(30)5-2)22-25-12-8-6-9-13-25;5-3(6,7)1(11)2(12)4(8,9)10;3-2(4,5)1-6/h6-15,23-24,27,29,31,33H,4-5,16-22H2,1-3H3,(H,37,38);;1H/t24?,29-,31?;;/m0../s1. The van der Waals surface area contributed by atoms with E-state index in [1.807, 2.05) is 25.1 Å². The van der Waals surface area contributed by atoms with E-state index in [9.17, 15) is 59.0 Å². The summed E-state index contributed by atoms with van der Waals surface area (Å²) in [5.74, 6) is -6.97. The number of carboxylic acid groups (broad SMARTS) is 1. The first kappa shape index (κ1) is 47.6. The molecule has 2 heterocycles. The molecule has 18 heteroatoms. The SMILES string of the molecule is CCC(C)C(N[C@@H](CCN1CCC(c2cc(Cc3ccccc3)nn2CC)CC1)c1ccccc1)C(=O)O.O=C(C(=O)C(F)(F)F)C(F)(F)F.O=CC(F)(F)F. The summed E-state index contributed by atoms with van der Waals surface area (Å²) in [7, 11) is 0. The number of hydrogen-bond donors (Lipinski definition) is 2. The second-order valence-corrected chi connectivity index (χ2v) is 13.1. The highest BCUT2D eigenvalue weighted by Crippen LogP contribution is 2.30. The molecule has 56 heavy (non-hydrogen) atoms. The molecular weight excluding hydrogens is 763 g/mol. The number of rotatable bonds is 14. The van der Waals surface area contributed by atoms with Gasteiger partial charge in [0.25, 0.3) is 0 Å². The molecule has 1 aromatic heterocycles. The summed E-state index contributed by atoms with van der Waals surface area (Å²) in [6.07, 6.45) is -12.4. The maximum Gasteiger partial charge on any atom is 0.458 e. The second kappa shape index (κ2) is 21.6. The van der Waals surface area contributed by atoms with Crippen molar-refractivity contribution in [1.29, 1.82) is 0 Å². The summed E-state index contributed by atoms with van der Waals surface area (Å²) < 4.78 is 100. The molecule has 0 amide bonds.